The van der Waals surface area contributed by atoms with Gasteiger partial charge in [0.25, 0.3) is 0 Å². The zero-order chi connectivity index (χ0) is 21.0. The summed E-state index contributed by atoms with van der Waals surface area (Å²) in [4.78, 5) is 18.9. The molecule has 29 heavy (non-hydrogen) atoms. The number of nitro benzene ring substituents is 1. The number of benzene rings is 3. The molecule has 0 amide bonds. The van der Waals surface area contributed by atoms with Gasteiger partial charge in [-0.2, -0.15) is 0 Å². The number of nitro groups is 1. The quantitative estimate of drug-likeness (QED) is 0.302. The molecular formula is C20H13Cl2N3O4. The second-order valence-corrected chi connectivity index (χ2v) is 6.65. The number of hydrogen-bond acceptors (Lipinski definition) is 6. The number of aliphatic imine (C=N–C) groups is 2. The summed E-state index contributed by atoms with van der Waals surface area (Å²) in [5.74, 6) is -0.622. The van der Waals surface area contributed by atoms with Crippen LogP contribution in [0.3, 0.4) is 0 Å². The molecule has 0 bridgehead atoms. The van der Waals surface area contributed by atoms with Crippen molar-refractivity contribution in [3.63, 3.8) is 0 Å². The lowest BCUT2D eigenvalue weighted by Crippen LogP contribution is -1.91. The summed E-state index contributed by atoms with van der Waals surface area (Å²) in [6, 6.07) is 14.0. The van der Waals surface area contributed by atoms with Gasteiger partial charge in [-0.3, -0.25) is 20.1 Å². The van der Waals surface area contributed by atoms with Crippen LogP contribution >= 0.6 is 23.2 Å². The summed E-state index contributed by atoms with van der Waals surface area (Å²) >= 11 is 11.9. The Hall–Kier alpha value is -3.42. The van der Waals surface area contributed by atoms with E-state index in [1.807, 2.05) is 0 Å². The molecule has 0 heterocycles. The number of para-hydroxylation sites is 3. The zero-order valence-corrected chi connectivity index (χ0v) is 16.2. The van der Waals surface area contributed by atoms with Gasteiger partial charge >= 0.3 is 5.69 Å². The first-order valence-corrected chi connectivity index (χ1v) is 8.94. The second kappa shape index (κ2) is 8.72. The number of hydrogen-bond donors (Lipinski definition) is 2. The number of halogens is 2. The van der Waals surface area contributed by atoms with Gasteiger partial charge in [0.15, 0.2) is 0 Å². The van der Waals surface area contributed by atoms with Crippen LogP contribution < -0.4 is 0 Å². The smallest absolute Gasteiger partial charge is 0.311 e. The van der Waals surface area contributed by atoms with E-state index < -0.39 is 16.4 Å². The molecule has 0 unspecified atom stereocenters. The molecule has 0 saturated carbocycles. The number of rotatable bonds is 5. The van der Waals surface area contributed by atoms with E-state index >= 15 is 0 Å². The van der Waals surface area contributed by atoms with E-state index in [4.69, 9.17) is 23.2 Å². The predicted molar refractivity (Wildman–Crippen MR) is 114 cm³/mol. The number of phenols is 2. The molecule has 3 aromatic carbocycles. The monoisotopic (exact) mass is 429 g/mol. The van der Waals surface area contributed by atoms with Gasteiger partial charge in [0.2, 0.25) is 5.75 Å². The fourth-order valence-electron chi connectivity index (χ4n) is 2.45. The van der Waals surface area contributed by atoms with Gasteiger partial charge in [0, 0.05) is 34.6 Å². The van der Waals surface area contributed by atoms with E-state index in [0.29, 0.717) is 22.0 Å². The molecule has 0 aromatic heterocycles. The maximum atomic E-state index is 10.9. The maximum Gasteiger partial charge on any atom is 0.311 e. The van der Waals surface area contributed by atoms with Gasteiger partial charge in [-0.1, -0.05) is 41.4 Å². The molecule has 0 aliphatic carbocycles. The topological polar surface area (TPSA) is 108 Å². The van der Waals surface area contributed by atoms with Crippen molar-refractivity contribution in [2.75, 3.05) is 0 Å². The first kappa shape index (κ1) is 20.3. The SMILES string of the molecule is O=[N+]([O-])c1cccc(C=Nc2ccccc2N=Cc2cc(Cl)cc(Cl)c2O)c1O. The lowest BCUT2D eigenvalue weighted by atomic mass is 10.2. The van der Waals surface area contributed by atoms with Crippen molar-refractivity contribution in [3.8, 4) is 11.5 Å². The zero-order valence-electron chi connectivity index (χ0n) is 14.7. The van der Waals surface area contributed by atoms with Gasteiger partial charge in [-0.05, 0) is 30.3 Å². The van der Waals surface area contributed by atoms with Crippen molar-refractivity contribution in [3.05, 3.63) is 85.9 Å². The molecule has 9 heteroatoms. The van der Waals surface area contributed by atoms with E-state index in [2.05, 4.69) is 9.98 Å². The third-order valence-electron chi connectivity index (χ3n) is 3.87. The van der Waals surface area contributed by atoms with Crippen molar-refractivity contribution in [2.45, 2.75) is 0 Å². The minimum absolute atomic E-state index is 0.103. The average Bonchev–Trinajstić information content (AvgIpc) is 2.69. The fourth-order valence-corrected chi connectivity index (χ4v) is 2.95. The van der Waals surface area contributed by atoms with E-state index in [9.17, 15) is 20.3 Å². The van der Waals surface area contributed by atoms with Crippen molar-refractivity contribution >= 4 is 52.7 Å². The summed E-state index contributed by atoms with van der Waals surface area (Å²) in [5.41, 5.74) is 1.02. The van der Waals surface area contributed by atoms with Gasteiger partial charge in [-0.25, -0.2) is 0 Å². The van der Waals surface area contributed by atoms with Crippen LogP contribution in [-0.4, -0.2) is 27.6 Å². The van der Waals surface area contributed by atoms with Crippen LogP contribution in [0.15, 0.2) is 64.6 Å². The lowest BCUT2D eigenvalue weighted by molar-refractivity contribution is -0.385. The average molecular weight is 430 g/mol. The molecule has 7 nitrogen and oxygen atoms in total. The Labute approximate surface area is 175 Å². The number of nitrogens with zero attached hydrogens (tertiary/aromatic N) is 3. The van der Waals surface area contributed by atoms with Crippen LogP contribution in [0.5, 0.6) is 11.5 Å². The van der Waals surface area contributed by atoms with Crippen molar-refractivity contribution in [2.24, 2.45) is 9.98 Å². The standard InChI is InChI=1S/C20H13Cl2N3O4/c21-14-8-13(19(26)15(22)9-14)11-24-17-6-2-1-5-16(17)23-10-12-4-3-7-18(20(12)27)25(28)29/h1-11,26-27H. The molecule has 0 aliphatic heterocycles. The highest BCUT2D eigenvalue weighted by Crippen LogP contribution is 2.33. The Morgan fingerprint density at radius 3 is 2.10 bits per heavy atom. The predicted octanol–water partition coefficient (Wildman–Crippen LogP) is 5.81. The van der Waals surface area contributed by atoms with E-state index in [-0.39, 0.29) is 16.3 Å². The summed E-state index contributed by atoms with van der Waals surface area (Å²) in [7, 11) is 0. The molecule has 0 aliphatic rings. The minimum Gasteiger partial charge on any atom is -0.506 e. The van der Waals surface area contributed by atoms with Gasteiger partial charge in [-0.15, -0.1) is 0 Å². The Balaban J connectivity index is 1.94. The molecule has 0 saturated heterocycles. The normalized spacial score (nSPS) is 11.4. The van der Waals surface area contributed by atoms with E-state index in [1.165, 1.54) is 42.8 Å². The van der Waals surface area contributed by atoms with Crippen LogP contribution in [0.2, 0.25) is 10.0 Å². The molecule has 3 aromatic rings. The van der Waals surface area contributed by atoms with Crippen molar-refractivity contribution in [1.29, 1.82) is 0 Å². The largest absolute Gasteiger partial charge is 0.506 e. The second-order valence-electron chi connectivity index (χ2n) is 5.80. The van der Waals surface area contributed by atoms with Crippen molar-refractivity contribution < 1.29 is 15.1 Å². The Bertz CT molecular complexity index is 1150. The molecule has 146 valence electrons. The van der Waals surface area contributed by atoms with E-state index in [1.54, 1.807) is 24.3 Å². The molecule has 3 rings (SSSR count). The van der Waals surface area contributed by atoms with Crippen LogP contribution in [0.4, 0.5) is 17.1 Å². The third-order valence-corrected chi connectivity index (χ3v) is 4.37. The van der Waals surface area contributed by atoms with E-state index in [0.717, 1.165) is 0 Å². The minimum atomic E-state index is -0.673. The van der Waals surface area contributed by atoms with Crippen LogP contribution in [0.25, 0.3) is 0 Å². The van der Waals surface area contributed by atoms with Crippen LogP contribution in [0, 0.1) is 10.1 Å². The third kappa shape index (κ3) is 4.71. The fraction of sp³-hybridized carbons (Fsp3) is 0. The number of phenolic OH excluding ortho intramolecular Hbond substituents is 2. The first-order chi connectivity index (χ1) is 13.9. The first-order valence-electron chi connectivity index (χ1n) is 8.18. The summed E-state index contributed by atoms with van der Waals surface area (Å²) < 4.78 is 0. The van der Waals surface area contributed by atoms with Gasteiger partial charge in [0.1, 0.15) is 5.75 Å². The Kier molecular flexibility index (Phi) is 6.11. The summed E-state index contributed by atoms with van der Waals surface area (Å²) in [6.45, 7) is 0. The highest BCUT2D eigenvalue weighted by atomic mass is 35.5. The van der Waals surface area contributed by atoms with Gasteiger partial charge < -0.3 is 10.2 Å². The molecule has 0 radical (unpaired) electrons. The highest BCUT2D eigenvalue weighted by Gasteiger charge is 2.15. The molecular weight excluding hydrogens is 417 g/mol. The molecule has 0 spiro atoms. The van der Waals surface area contributed by atoms with Crippen LogP contribution in [-0.2, 0) is 0 Å². The molecule has 0 atom stereocenters. The van der Waals surface area contributed by atoms with Crippen molar-refractivity contribution in [1.82, 2.24) is 0 Å². The number of aromatic hydroxyl groups is 2. The molecule has 2 N–H and O–H groups in total. The molecule has 0 fully saturated rings. The highest BCUT2D eigenvalue weighted by molar-refractivity contribution is 6.36. The van der Waals surface area contributed by atoms with Crippen LogP contribution in [0.1, 0.15) is 11.1 Å². The summed E-state index contributed by atoms with van der Waals surface area (Å²) in [6.07, 6.45) is 2.71. The Morgan fingerprint density at radius 2 is 1.48 bits per heavy atom. The Morgan fingerprint density at radius 1 is 0.862 bits per heavy atom. The summed E-state index contributed by atoms with van der Waals surface area (Å²) in [5, 5.41) is 31.4. The lowest BCUT2D eigenvalue weighted by Gasteiger charge is -2.04. The van der Waals surface area contributed by atoms with Gasteiger partial charge in [0.05, 0.1) is 21.3 Å². The maximum absolute atomic E-state index is 10.9.